The van der Waals surface area contributed by atoms with Gasteiger partial charge in [-0.25, -0.2) is 14.4 Å². The van der Waals surface area contributed by atoms with Crippen molar-refractivity contribution in [2.24, 2.45) is 22.7 Å². The molecule has 67 heavy (non-hydrogen) atoms. The zero-order valence-corrected chi connectivity index (χ0v) is 42.0. The van der Waals surface area contributed by atoms with E-state index in [2.05, 4.69) is 5.32 Å². The number of nitrogens with one attached hydrogen (secondary N) is 1. The molecule has 0 spiro atoms. The van der Waals surface area contributed by atoms with Crippen LogP contribution in [0.5, 0.6) is 11.5 Å². The first-order chi connectivity index (χ1) is 31.1. The van der Waals surface area contributed by atoms with E-state index in [1.165, 1.54) is 60.9 Å². The van der Waals surface area contributed by atoms with E-state index < -0.39 is 124 Å². The molecule has 5 rings (SSSR count). The second-order valence-corrected chi connectivity index (χ2v) is 22.1. The summed E-state index contributed by atoms with van der Waals surface area (Å²) in [5.41, 5.74) is -8.74. The molecule has 1 heterocycles. The lowest BCUT2D eigenvalue weighted by atomic mass is 9.45. The largest absolute Gasteiger partial charge is 0.497 e. The van der Waals surface area contributed by atoms with Gasteiger partial charge < -0.3 is 58.5 Å². The Bertz CT molecular complexity index is 2160. The third-order valence-electron chi connectivity index (χ3n) is 13.3. The Labute approximate surface area is 398 Å². The molecule has 4 N–H and O–H groups in total. The molecule has 2 bridgehead atoms. The number of hydrogen-bond donors (Lipinski definition) is 4. The number of ketones is 1. The minimum Gasteiger partial charge on any atom is -0.497 e. The van der Waals surface area contributed by atoms with Crippen LogP contribution in [0.4, 0.5) is 4.79 Å². The first-order valence-corrected chi connectivity index (χ1v) is 24.7. The number of rotatable bonds is 15. The zero-order chi connectivity index (χ0) is 50.2. The molecule has 1 unspecified atom stereocenters. The number of benzene rings is 1. The van der Waals surface area contributed by atoms with Crippen molar-refractivity contribution >= 4 is 57.3 Å². The van der Waals surface area contributed by atoms with Gasteiger partial charge >= 0.3 is 30.0 Å². The lowest BCUT2D eigenvalue weighted by molar-refractivity contribution is -0.345. The summed E-state index contributed by atoms with van der Waals surface area (Å²) in [4.78, 5) is 84.9. The minimum atomic E-state index is -2.48. The Morgan fingerprint density at radius 3 is 2.27 bits per heavy atom. The molecule has 0 aromatic heterocycles. The normalized spacial score (nSPS) is 31.6. The molecule has 2 saturated carbocycles. The summed E-state index contributed by atoms with van der Waals surface area (Å²) in [5.74, 6) is -7.63. The average Bonchev–Trinajstić information content (AvgIpc) is 3.22. The van der Waals surface area contributed by atoms with Crippen LogP contribution in [0.2, 0.25) is 0 Å². The summed E-state index contributed by atoms with van der Waals surface area (Å²) in [6.07, 6.45) is -6.86. The van der Waals surface area contributed by atoms with Gasteiger partial charge in [-0.2, -0.15) is 0 Å². The smallest absolute Gasteiger partial charge is 0.408 e. The predicted molar refractivity (Wildman–Crippen MR) is 245 cm³/mol. The van der Waals surface area contributed by atoms with Crippen LogP contribution >= 0.6 is 21.6 Å². The quantitative estimate of drug-likeness (QED) is 0.0592. The fraction of sp³-hybridized carbons (Fsp3) is 0.660. The molecular weight excluding hydrogens is 915 g/mol. The first kappa shape index (κ1) is 53.6. The lowest BCUT2D eigenvalue weighted by Gasteiger charge is -2.67. The average molecular weight is 980 g/mol. The summed E-state index contributed by atoms with van der Waals surface area (Å²) in [6, 6.07) is 2.98. The van der Waals surface area contributed by atoms with Crippen molar-refractivity contribution in [3.63, 3.8) is 0 Å². The number of carbonyl (C=O) groups is 6. The maximum absolute atomic E-state index is 15.8. The van der Waals surface area contributed by atoms with Crippen LogP contribution in [0.25, 0.3) is 0 Å². The molecule has 1 aromatic rings. The minimum absolute atomic E-state index is 0.0301. The highest BCUT2D eigenvalue weighted by atomic mass is 33.1. The van der Waals surface area contributed by atoms with E-state index in [0.717, 1.165) is 6.92 Å². The lowest BCUT2D eigenvalue weighted by Crippen LogP contribution is -2.81. The molecule has 3 fully saturated rings. The highest BCUT2D eigenvalue weighted by Crippen LogP contribution is 2.65. The topological polar surface area (TPSA) is 249 Å². The first-order valence-electron chi connectivity index (χ1n) is 22.0. The Morgan fingerprint density at radius 2 is 1.72 bits per heavy atom. The van der Waals surface area contributed by atoms with Crippen LogP contribution in [0.15, 0.2) is 41.2 Å². The monoisotopic (exact) mass is 979 g/mol. The number of methoxy groups -OCH3 is 2. The molecular formula is C47H65NO17S2. The summed E-state index contributed by atoms with van der Waals surface area (Å²) in [6.45, 7) is 15.1. The van der Waals surface area contributed by atoms with E-state index in [0.29, 0.717) is 11.3 Å². The summed E-state index contributed by atoms with van der Waals surface area (Å²) in [5, 5.41) is 40.3. The standard InChI is InChI=1S/C47H65NO17S2/c1-23(2)18-28(48-42(56)65-43(5,6)7)35(52)41(55)61-30-21-47(57)39(63-40(54)27-19-26(58-11)14-15-29(27)59-12)37-45(10,31(50)20-32-46(37,22-60-32)64-25(4)49)38(53)36(34(24(30)3)44(47,8)9)62-33(51)16-17-67-66-13/h14-15,18-19,24,28,30-32,35,37,39,50,52,57H,16-17,20-22H2,1-13H3,(H,48,56)/b36-34+/t24?,28-,30-,31-,32+,35+,37-,39-,45+,46-,47+/m0/s1. The molecule has 1 amide bonds. The summed E-state index contributed by atoms with van der Waals surface area (Å²) in [7, 11) is 5.50. The third-order valence-corrected chi connectivity index (χ3v) is 15.1. The van der Waals surface area contributed by atoms with Gasteiger partial charge in [-0.05, 0) is 71.6 Å². The van der Waals surface area contributed by atoms with Gasteiger partial charge in [-0.1, -0.05) is 54.0 Å². The Kier molecular flexibility index (Phi) is 16.3. The van der Waals surface area contributed by atoms with Gasteiger partial charge in [0.1, 0.15) is 46.6 Å². The number of ether oxygens (including phenoxy) is 8. The summed E-state index contributed by atoms with van der Waals surface area (Å²) >= 11 is 0. The number of carbonyl (C=O) groups excluding carboxylic acids is 6. The fourth-order valence-corrected chi connectivity index (χ4v) is 11.2. The Balaban J connectivity index is 1.79. The molecule has 1 aromatic carbocycles. The molecule has 4 aliphatic rings. The predicted octanol–water partition coefficient (Wildman–Crippen LogP) is 5.03. The maximum atomic E-state index is 15.8. The molecule has 18 nitrogen and oxygen atoms in total. The van der Waals surface area contributed by atoms with Crippen molar-refractivity contribution in [1.82, 2.24) is 5.32 Å². The Hall–Kier alpha value is -4.34. The van der Waals surface area contributed by atoms with Crippen LogP contribution in [0, 0.1) is 22.7 Å². The number of allylic oxidation sites excluding steroid dienone is 2. The van der Waals surface area contributed by atoms with Crippen LogP contribution < -0.4 is 14.8 Å². The zero-order valence-electron chi connectivity index (χ0n) is 40.3. The number of esters is 4. The number of fused-ring (bicyclic) bond motifs is 5. The maximum Gasteiger partial charge on any atom is 0.408 e. The number of aliphatic hydroxyl groups is 3. The highest BCUT2D eigenvalue weighted by molar-refractivity contribution is 8.76. The SMILES string of the molecule is COc1ccc(OC)c(C(=O)O[C@H]2[C@@H]3[C@]4(OC(C)=O)CO[C@@H]4C[C@H](O)[C@@]3(C)C(=O)/C(OC(=O)CCSSC)=C3/C(C)[C@@H](OC(=O)[C@H](O)[C@H](C=C(C)C)NC(=O)OC(C)(C)C)C[C@]2(O)C3(C)C)c1. The van der Waals surface area contributed by atoms with Gasteiger partial charge in [0, 0.05) is 36.9 Å². The van der Waals surface area contributed by atoms with Gasteiger partial charge in [0.15, 0.2) is 17.5 Å². The number of amides is 1. The number of Topliss-reactive ketones (excluding diaryl/α,β-unsaturated/α-hetero) is 1. The van der Waals surface area contributed by atoms with Crippen LogP contribution in [0.3, 0.4) is 0 Å². The van der Waals surface area contributed by atoms with Crippen molar-refractivity contribution in [2.75, 3.05) is 32.8 Å². The second-order valence-electron chi connectivity index (χ2n) is 19.4. The van der Waals surface area contributed by atoms with E-state index in [1.54, 1.807) is 61.5 Å². The summed E-state index contributed by atoms with van der Waals surface area (Å²) < 4.78 is 47.1. The third kappa shape index (κ3) is 10.3. The number of alkyl carbamates (subject to hydrolysis) is 1. The number of hydrogen-bond acceptors (Lipinski definition) is 19. The molecule has 1 saturated heterocycles. The van der Waals surface area contributed by atoms with Crippen molar-refractivity contribution in [1.29, 1.82) is 0 Å². The molecule has 20 heteroatoms. The molecule has 3 aliphatic carbocycles. The van der Waals surface area contributed by atoms with Gasteiger partial charge in [0.05, 0.1) is 50.7 Å². The molecule has 0 radical (unpaired) electrons. The van der Waals surface area contributed by atoms with Crippen molar-refractivity contribution in [3.8, 4) is 11.5 Å². The second kappa shape index (κ2) is 20.3. The Morgan fingerprint density at radius 1 is 1.04 bits per heavy atom. The van der Waals surface area contributed by atoms with Crippen LogP contribution in [0.1, 0.15) is 98.9 Å². The molecule has 11 atom stereocenters. The number of aliphatic hydroxyl groups excluding tert-OH is 2. The molecule has 372 valence electrons. The van der Waals surface area contributed by atoms with E-state index in [1.807, 2.05) is 6.26 Å². The highest BCUT2D eigenvalue weighted by Gasteiger charge is 2.78. The van der Waals surface area contributed by atoms with Gasteiger partial charge in [0.2, 0.25) is 5.78 Å². The van der Waals surface area contributed by atoms with E-state index in [9.17, 15) is 39.3 Å². The van der Waals surface area contributed by atoms with E-state index >= 15 is 4.79 Å². The van der Waals surface area contributed by atoms with Crippen molar-refractivity contribution < 1.29 is 82.0 Å². The van der Waals surface area contributed by atoms with E-state index in [-0.39, 0.29) is 42.1 Å². The van der Waals surface area contributed by atoms with Gasteiger partial charge in [-0.3, -0.25) is 14.4 Å². The van der Waals surface area contributed by atoms with Gasteiger partial charge in [-0.15, -0.1) is 0 Å². The fourth-order valence-electron chi connectivity index (χ4n) is 10.0. The van der Waals surface area contributed by atoms with Gasteiger partial charge in [0.25, 0.3) is 0 Å². The van der Waals surface area contributed by atoms with Crippen LogP contribution in [-0.4, -0.2) is 137 Å². The van der Waals surface area contributed by atoms with Crippen molar-refractivity contribution in [3.05, 3.63) is 46.7 Å². The van der Waals surface area contributed by atoms with E-state index in [4.69, 9.17) is 37.9 Å². The van der Waals surface area contributed by atoms with Crippen molar-refractivity contribution in [2.45, 2.75) is 142 Å². The molecule has 1 aliphatic heterocycles. The van der Waals surface area contributed by atoms with Crippen LogP contribution in [-0.2, 0) is 47.6 Å².